The van der Waals surface area contributed by atoms with E-state index in [1.807, 2.05) is 17.5 Å². The minimum absolute atomic E-state index is 0.330. The maximum atomic E-state index is 13.2. The van der Waals surface area contributed by atoms with Gasteiger partial charge in [0.2, 0.25) is 0 Å². The van der Waals surface area contributed by atoms with Crippen molar-refractivity contribution in [3.8, 4) is 0 Å². The summed E-state index contributed by atoms with van der Waals surface area (Å²) in [6.07, 6.45) is 0. The molecule has 2 heterocycles. The molecule has 0 bridgehead atoms. The van der Waals surface area contributed by atoms with Gasteiger partial charge in [-0.05, 0) is 41.3 Å². The first kappa shape index (κ1) is 18.6. The molecule has 134 valence electrons. The maximum absolute atomic E-state index is 13.2. The Morgan fingerprint density at radius 3 is 2.54 bits per heavy atom. The van der Waals surface area contributed by atoms with E-state index in [1.54, 1.807) is 24.3 Å². The van der Waals surface area contributed by atoms with Crippen molar-refractivity contribution < 1.29 is 18.7 Å². The van der Waals surface area contributed by atoms with E-state index in [0.717, 1.165) is 21.8 Å². The molecule has 4 nitrogen and oxygen atoms in total. The third-order valence-electron chi connectivity index (χ3n) is 3.45. The molecule has 1 N–H and O–H groups in total. The Labute approximate surface area is 162 Å². The van der Waals surface area contributed by atoms with Crippen LogP contribution in [-0.2, 0) is 9.53 Å². The fourth-order valence-corrected chi connectivity index (χ4v) is 4.00. The molecular formula is C18H13ClFNO3S2. The maximum Gasteiger partial charge on any atom is 0.348 e. The Morgan fingerprint density at radius 2 is 1.92 bits per heavy atom. The number of benzene rings is 1. The van der Waals surface area contributed by atoms with Crippen LogP contribution >= 0.6 is 34.3 Å². The number of hydrogen-bond donors (Lipinski definition) is 1. The second kappa shape index (κ2) is 8.44. The van der Waals surface area contributed by atoms with Gasteiger partial charge in [0.05, 0.1) is 10.4 Å². The zero-order valence-electron chi connectivity index (χ0n) is 13.3. The normalized spacial score (nSPS) is 11.8. The van der Waals surface area contributed by atoms with Gasteiger partial charge in [-0.25, -0.2) is 9.18 Å². The van der Waals surface area contributed by atoms with Crippen molar-refractivity contribution in [2.75, 3.05) is 6.61 Å². The van der Waals surface area contributed by atoms with Crippen molar-refractivity contribution >= 4 is 46.2 Å². The lowest BCUT2D eigenvalue weighted by Crippen LogP contribution is -2.32. The molecule has 0 aliphatic heterocycles. The topological polar surface area (TPSA) is 55.4 Å². The summed E-state index contributed by atoms with van der Waals surface area (Å²) in [5.41, 5.74) is 0.735. The predicted molar refractivity (Wildman–Crippen MR) is 100 cm³/mol. The van der Waals surface area contributed by atoms with Gasteiger partial charge in [-0.3, -0.25) is 4.79 Å². The summed E-state index contributed by atoms with van der Waals surface area (Å²) in [4.78, 5) is 25.4. The molecule has 3 aromatic rings. The molecule has 0 saturated heterocycles. The summed E-state index contributed by atoms with van der Waals surface area (Å²) in [5, 5.41) is 4.70. The second-order valence-corrected chi connectivity index (χ2v) is 7.94. The molecule has 1 amide bonds. The fourth-order valence-electron chi connectivity index (χ4n) is 2.26. The number of halogens is 2. The first-order chi connectivity index (χ1) is 12.5. The first-order valence-electron chi connectivity index (χ1n) is 7.53. The van der Waals surface area contributed by atoms with Crippen LogP contribution in [0, 0.1) is 5.82 Å². The van der Waals surface area contributed by atoms with Crippen LogP contribution < -0.4 is 5.32 Å². The van der Waals surface area contributed by atoms with Crippen LogP contribution in [0.3, 0.4) is 0 Å². The van der Waals surface area contributed by atoms with Crippen LogP contribution in [-0.4, -0.2) is 18.5 Å². The molecule has 0 aliphatic rings. The van der Waals surface area contributed by atoms with E-state index in [-0.39, 0.29) is 5.82 Å². The third kappa shape index (κ3) is 4.69. The van der Waals surface area contributed by atoms with E-state index < -0.39 is 24.5 Å². The molecule has 8 heteroatoms. The number of carbonyl (C=O) groups is 2. The summed E-state index contributed by atoms with van der Waals surface area (Å²) in [7, 11) is 0. The molecule has 26 heavy (non-hydrogen) atoms. The van der Waals surface area contributed by atoms with Crippen LogP contribution in [0.2, 0.25) is 4.34 Å². The van der Waals surface area contributed by atoms with Crippen molar-refractivity contribution in [3.63, 3.8) is 0 Å². The second-order valence-electron chi connectivity index (χ2n) is 5.25. The quantitative estimate of drug-likeness (QED) is 0.602. The van der Waals surface area contributed by atoms with Crippen LogP contribution in [0.1, 0.15) is 26.2 Å². The summed E-state index contributed by atoms with van der Waals surface area (Å²) in [5.74, 6) is -1.41. The van der Waals surface area contributed by atoms with E-state index >= 15 is 0 Å². The molecule has 0 spiro atoms. The van der Waals surface area contributed by atoms with Crippen LogP contribution in [0.25, 0.3) is 0 Å². The lowest BCUT2D eigenvalue weighted by Gasteiger charge is -2.18. The first-order valence-corrected chi connectivity index (χ1v) is 9.61. The highest BCUT2D eigenvalue weighted by Gasteiger charge is 2.19. The predicted octanol–water partition coefficient (Wildman–Crippen LogP) is 4.66. The van der Waals surface area contributed by atoms with Gasteiger partial charge in [0.15, 0.2) is 6.61 Å². The number of rotatable bonds is 6. The largest absolute Gasteiger partial charge is 0.451 e. The molecule has 3 rings (SSSR count). The smallest absolute Gasteiger partial charge is 0.348 e. The number of hydrogen-bond acceptors (Lipinski definition) is 5. The van der Waals surface area contributed by atoms with Crippen molar-refractivity contribution in [1.82, 2.24) is 5.32 Å². The lowest BCUT2D eigenvalue weighted by molar-refractivity contribution is -0.124. The number of nitrogens with one attached hydrogen (secondary N) is 1. The van der Waals surface area contributed by atoms with Gasteiger partial charge in [-0.2, -0.15) is 0 Å². The van der Waals surface area contributed by atoms with Crippen LogP contribution in [0.15, 0.2) is 53.9 Å². The van der Waals surface area contributed by atoms with Gasteiger partial charge in [0, 0.05) is 4.88 Å². The van der Waals surface area contributed by atoms with Gasteiger partial charge < -0.3 is 10.1 Å². The minimum atomic E-state index is -0.605. The fraction of sp³-hybridized carbons (Fsp3) is 0.111. The Morgan fingerprint density at radius 1 is 1.15 bits per heavy atom. The molecular weight excluding hydrogens is 397 g/mol. The van der Waals surface area contributed by atoms with E-state index in [1.165, 1.54) is 23.5 Å². The van der Waals surface area contributed by atoms with Gasteiger partial charge in [0.25, 0.3) is 5.91 Å². The zero-order chi connectivity index (χ0) is 18.5. The molecule has 1 unspecified atom stereocenters. The van der Waals surface area contributed by atoms with E-state index in [4.69, 9.17) is 16.3 Å². The number of ether oxygens (including phenoxy) is 1. The summed E-state index contributed by atoms with van der Waals surface area (Å²) < 4.78 is 18.7. The Bertz CT molecular complexity index is 894. The standard InChI is InChI=1S/C18H13ClFNO3S2/c19-15-8-7-14(26-15)18(23)24-10-16(22)21-17(13-2-1-9-25-13)11-3-5-12(20)6-4-11/h1-9,17H,10H2,(H,21,22). The molecule has 0 fully saturated rings. The van der Waals surface area contributed by atoms with Crippen molar-refractivity contribution in [2.45, 2.75) is 6.04 Å². The van der Waals surface area contributed by atoms with Gasteiger partial charge >= 0.3 is 5.97 Å². The minimum Gasteiger partial charge on any atom is -0.451 e. The average molecular weight is 410 g/mol. The van der Waals surface area contributed by atoms with Gasteiger partial charge in [-0.15, -0.1) is 22.7 Å². The SMILES string of the molecule is O=C(COC(=O)c1ccc(Cl)s1)NC(c1ccc(F)cc1)c1cccs1. The number of amides is 1. The summed E-state index contributed by atoms with van der Waals surface area (Å²) in [6.45, 7) is -0.419. The molecule has 1 atom stereocenters. The number of thiophene rings is 2. The van der Waals surface area contributed by atoms with E-state index in [9.17, 15) is 14.0 Å². The Balaban J connectivity index is 1.66. The van der Waals surface area contributed by atoms with Crippen molar-refractivity contribution in [3.05, 3.63) is 79.4 Å². The Hall–Kier alpha value is -2.22. The number of esters is 1. The van der Waals surface area contributed by atoms with Gasteiger partial charge in [-0.1, -0.05) is 29.8 Å². The van der Waals surface area contributed by atoms with E-state index in [2.05, 4.69) is 5.32 Å². The highest BCUT2D eigenvalue weighted by atomic mass is 35.5. The molecule has 1 aromatic carbocycles. The third-order valence-corrected chi connectivity index (χ3v) is 5.59. The highest BCUT2D eigenvalue weighted by molar-refractivity contribution is 7.17. The average Bonchev–Trinajstić information content (AvgIpc) is 3.30. The summed E-state index contributed by atoms with van der Waals surface area (Å²) >= 11 is 8.33. The molecule has 0 saturated carbocycles. The van der Waals surface area contributed by atoms with Gasteiger partial charge in [0.1, 0.15) is 10.7 Å². The van der Waals surface area contributed by atoms with Crippen molar-refractivity contribution in [1.29, 1.82) is 0 Å². The van der Waals surface area contributed by atoms with Crippen LogP contribution in [0.4, 0.5) is 4.39 Å². The monoisotopic (exact) mass is 409 g/mol. The van der Waals surface area contributed by atoms with E-state index in [0.29, 0.717) is 9.21 Å². The zero-order valence-corrected chi connectivity index (χ0v) is 15.7. The highest BCUT2D eigenvalue weighted by Crippen LogP contribution is 2.26. The molecule has 0 radical (unpaired) electrons. The molecule has 0 aliphatic carbocycles. The Kier molecular flexibility index (Phi) is 6.03. The summed E-state index contributed by atoms with van der Waals surface area (Å²) in [6, 6.07) is 12.3. The lowest BCUT2D eigenvalue weighted by atomic mass is 10.1. The van der Waals surface area contributed by atoms with Crippen molar-refractivity contribution in [2.24, 2.45) is 0 Å². The molecule has 2 aromatic heterocycles. The van der Waals surface area contributed by atoms with Crippen LogP contribution in [0.5, 0.6) is 0 Å². The number of carbonyl (C=O) groups excluding carboxylic acids is 2.